The van der Waals surface area contributed by atoms with Crippen LogP contribution in [0.1, 0.15) is 10.4 Å². The molecule has 1 aromatic carbocycles. The van der Waals surface area contributed by atoms with Gasteiger partial charge in [-0.2, -0.15) is 0 Å². The standard InChI is InChI=1S/C18H19N3O3S/c1-9-5-16(19-13-7-24-8-14(13)22)20-21-17(9)11-3-4-15-12(18(11)23)6-10(2)25-15/h3-6,13-14,22-23H,7-8H2,1-2H3,(H,19,20)/t13-,14+/m1/s1. The van der Waals surface area contributed by atoms with Gasteiger partial charge in [-0.25, -0.2) is 0 Å². The molecule has 3 aromatic rings. The predicted octanol–water partition coefficient (Wildman–Crippen LogP) is 2.85. The molecule has 1 aliphatic rings. The minimum Gasteiger partial charge on any atom is -0.507 e. The van der Waals surface area contributed by atoms with Crippen molar-refractivity contribution in [2.45, 2.75) is 26.0 Å². The van der Waals surface area contributed by atoms with Crippen molar-refractivity contribution in [2.75, 3.05) is 18.5 Å². The third-order valence-electron chi connectivity index (χ3n) is 4.42. The summed E-state index contributed by atoms with van der Waals surface area (Å²) in [7, 11) is 0. The van der Waals surface area contributed by atoms with Crippen LogP contribution in [0.15, 0.2) is 24.3 Å². The van der Waals surface area contributed by atoms with Gasteiger partial charge in [-0.05, 0) is 43.7 Å². The van der Waals surface area contributed by atoms with Gasteiger partial charge in [-0.1, -0.05) is 0 Å². The highest BCUT2D eigenvalue weighted by molar-refractivity contribution is 7.19. The van der Waals surface area contributed by atoms with E-state index in [-0.39, 0.29) is 11.8 Å². The Hall–Kier alpha value is -2.22. The second-order valence-electron chi connectivity index (χ2n) is 6.35. The lowest BCUT2D eigenvalue weighted by molar-refractivity contribution is 0.125. The first kappa shape index (κ1) is 16.3. The Labute approximate surface area is 149 Å². The molecule has 1 aliphatic heterocycles. The van der Waals surface area contributed by atoms with E-state index in [1.54, 1.807) is 11.3 Å². The van der Waals surface area contributed by atoms with Crippen molar-refractivity contribution in [2.24, 2.45) is 0 Å². The number of rotatable bonds is 3. The maximum Gasteiger partial charge on any atom is 0.149 e. The fourth-order valence-electron chi connectivity index (χ4n) is 3.11. The highest BCUT2D eigenvalue weighted by atomic mass is 32.1. The van der Waals surface area contributed by atoms with E-state index in [1.165, 1.54) is 0 Å². The van der Waals surface area contributed by atoms with Crippen molar-refractivity contribution in [1.82, 2.24) is 10.2 Å². The number of nitrogens with one attached hydrogen (secondary N) is 1. The maximum atomic E-state index is 10.6. The van der Waals surface area contributed by atoms with Crippen molar-refractivity contribution in [3.8, 4) is 17.0 Å². The lowest BCUT2D eigenvalue weighted by atomic mass is 10.0. The molecule has 7 heteroatoms. The highest BCUT2D eigenvalue weighted by Gasteiger charge is 2.26. The van der Waals surface area contributed by atoms with E-state index >= 15 is 0 Å². The van der Waals surface area contributed by atoms with Gasteiger partial charge in [-0.15, -0.1) is 21.5 Å². The van der Waals surface area contributed by atoms with E-state index in [0.29, 0.717) is 30.3 Å². The number of thiophene rings is 1. The molecule has 3 N–H and O–H groups in total. The van der Waals surface area contributed by atoms with Crippen LogP contribution in [0.5, 0.6) is 5.75 Å². The third-order valence-corrected chi connectivity index (χ3v) is 5.43. The van der Waals surface area contributed by atoms with Gasteiger partial charge in [0.15, 0.2) is 0 Å². The number of fused-ring (bicyclic) bond motifs is 1. The SMILES string of the molecule is Cc1cc2c(O)c(-c3nnc(N[C@@H]4COC[C@@H]4O)cc3C)ccc2s1. The molecule has 4 rings (SSSR count). The van der Waals surface area contributed by atoms with Crippen LogP contribution in [0.2, 0.25) is 0 Å². The van der Waals surface area contributed by atoms with Crippen molar-refractivity contribution in [3.63, 3.8) is 0 Å². The lowest BCUT2D eigenvalue weighted by Crippen LogP contribution is -2.32. The van der Waals surface area contributed by atoms with E-state index in [1.807, 2.05) is 38.1 Å². The summed E-state index contributed by atoms with van der Waals surface area (Å²) in [5.41, 5.74) is 2.22. The molecule has 0 spiro atoms. The molecule has 1 saturated heterocycles. The minimum atomic E-state index is -0.546. The highest BCUT2D eigenvalue weighted by Crippen LogP contribution is 2.39. The number of nitrogens with zero attached hydrogens (tertiary/aromatic N) is 2. The molecular weight excluding hydrogens is 338 g/mol. The Morgan fingerprint density at radius 2 is 2.04 bits per heavy atom. The summed E-state index contributed by atoms with van der Waals surface area (Å²) in [5.74, 6) is 0.822. The fourth-order valence-corrected chi connectivity index (χ4v) is 4.03. The summed E-state index contributed by atoms with van der Waals surface area (Å²) in [6.07, 6.45) is -0.546. The Bertz CT molecular complexity index is 941. The minimum absolute atomic E-state index is 0.182. The molecule has 0 bridgehead atoms. The number of hydrogen-bond donors (Lipinski definition) is 3. The van der Waals surface area contributed by atoms with Gasteiger partial charge in [0.25, 0.3) is 0 Å². The van der Waals surface area contributed by atoms with Crippen LogP contribution in [0.25, 0.3) is 21.3 Å². The molecule has 25 heavy (non-hydrogen) atoms. The number of anilines is 1. The van der Waals surface area contributed by atoms with Crippen molar-refractivity contribution in [1.29, 1.82) is 0 Å². The molecule has 0 saturated carbocycles. The average Bonchev–Trinajstić information content (AvgIpc) is 3.15. The van der Waals surface area contributed by atoms with Gasteiger partial charge in [0, 0.05) is 20.5 Å². The van der Waals surface area contributed by atoms with Gasteiger partial charge in [0.2, 0.25) is 0 Å². The van der Waals surface area contributed by atoms with Gasteiger partial charge in [-0.3, -0.25) is 0 Å². The Balaban J connectivity index is 1.68. The summed E-state index contributed by atoms with van der Waals surface area (Å²) in [6.45, 7) is 4.73. The van der Waals surface area contributed by atoms with Gasteiger partial charge in [0.1, 0.15) is 11.6 Å². The van der Waals surface area contributed by atoms with Crippen LogP contribution in [-0.4, -0.2) is 45.8 Å². The van der Waals surface area contributed by atoms with Gasteiger partial charge in [0.05, 0.1) is 31.1 Å². The topological polar surface area (TPSA) is 87.5 Å². The second-order valence-corrected chi connectivity index (χ2v) is 7.64. The normalized spacial score (nSPS) is 20.3. The molecule has 6 nitrogen and oxygen atoms in total. The zero-order chi connectivity index (χ0) is 17.6. The fraction of sp³-hybridized carbons (Fsp3) is 0.333. The number of phenols is 1. The molecule has 2 aromatic heterocycles. The first-order valence-electron chi connectivity index (χ1n) is 8.12. The van der Waals surface area contributed by atoms with Crippen molar-refractivity contribution < 1.29 is 14.9 Å². The molecule has 0 amide bonds. The summed E-state index contributed by atoms with van der Waals surface area (Å²) in [4.78, 5) is 1.15. The molecule has 0 aliphatic carbocycles. The summed E-state index contributed by atoms with van der Waals surface area (Å²) < 4.78 is 6.28. The number of aliphatic hydroxyl groups is 1. The summed E-state index contributed by atoms with van der Waals surface area (Å²) >= 11 is 1.65. The molecule has 0 radical (unpaired) electrons. The van der Waals surface area contributed by atoms with Crippen LogP contribution in [0.3, 0.4) is 0 Å². The van der Waals surface area contributed by atoms with Crippen LogP contribution in [-0.2, 0) is 4.74 Å². The monoisotopic (exact) mass is 357 g/mol. The predicted molar refractivity (Wildman–Crippen MR) is 98.2 cm³/mol. The van der Waals surface area contributed by atoms with E-state index in [0.717, 1.165) is 20.5 Å². The third kappa shape index (κ3) is 2.95. The summed E-state index contributed by atoms with van der Waals surface area (Å²) in [5, 5.41) is 33.0. The van der Waals surface area contributed by atoms with Crippen LogP contribution in [0.4, 0.5) is 5.82 Å². The number of aromatic hydroxyl groups is 1. The molecule has 3 heterocycles. The molecule has 0 unspecified atom stereocenters. The van der Waals surface area contributed by atoms with Crippen LogP contribution >= 0.6 is 11.3 Å². The van der Waals surface area contributed by atoms with Crippen molar-refractivity contribution in [3.05, 3.63) is 34.7 Å². The van der Waals surface area contributed by atoms with E-state index in [4.69, 9.17) is 4.74 Å². The second kappa shape index (κ2) is 6.25. The number of hydrogen-bond acceptors (Lipinski definition) is 7. The lowest BCUT2D eigenvalue weighted by Gasteiger charge is -2.16. The number of benzene rings is 1. The van der Waals surface area contributed by atoms with E-state index in [2.05, 4.69) is 15.5 Å². The smallest absolute Gasteiger partial charge is 0.149 e. The Morgan fingerprint density at radius 1 is 1.20 bits per heavy atom. The molecule has 2 atom stereocenters. The Kier molecular flexibility index (Phi) is 4.07. The Morgan fingerprint density at radius 3 is 2.76 bits per heavy atom. The average molecular weight is 357 g/mol. The first-order chi connectivity index (χ1) is 12.0. The van der Waals surface area contributed by atoms with Crippen LogP contribution in [0, 0.1) is 13.8 Å². The zero-order valence-electron chi connectivity index (χ0n) is 14.0. The zero-order valence-corrected chi connectivity index (χ0v) is 14.8. The van der Waals surface area contributed by atoms with E-state index in [9.17, 15) is 10.2 Å². The number of aliphatic hydroxyl groups excluding tert-OH is 1. The number of aromatic nitrogens is 2. The molecule has 1 fully saturated rings. The summed E-state index contributed by atoms with van der Waals surface area (Å²) in [6, 6.07) is 7.56. The van der Waals surface area contributed by atoms with E-state index < -0.39 is 6.10 Å². The van der Waals surface area contributed by atoms with Gasteiger partial charge >= 0.3 is 0 Å². The number of aryl methyl sites for hydroxylation is 2. The van der Waals surface area contributed by atoms with Gasteiger partial charge < -0.3 is 20.3 Å². The largest absolute Gasteiger partial charge is 0.507 e. The maximum absolute atomic E-state index is 10.6. The molecular formula is C18H19N3O3S. The van der Waals surface area contributed by atoms with Crippen molar-refractivity contribution >= 4 is 27.2 Å². The number of phenolic OH excluding ortho intramolecular Hbond substituents is 1. The number of ether oxygens (including phenoxy) is 1. The molecule has 130 valence electrons. The van der Waals surface area contributed by atoms with Crippen LogP contribution < -0.4 is 5.32 Å². The quantitative estimate of drug-likeness (QED) is 0.668. The first-order valence-corrected chi connectivity index (χ1v) is 8.94.